The molecule has 1 atom stereocenters. The molecular formula is C18H20ClN3O2S. The maximum atomic E-state index is 12.5. The predicted molar refractivity (Wildman–Crippen MR) is 102 cm³/mol. The Kier molecular flexibility index (Phi) is 7.76. The number of pyridine rings is 1. The maximum Gasteiger partial charge on any atom is 0.253 e. The minimum atomic E-state index is -0.613. The van der Waals surface area contributed by atoms with Crippen LogP contribution in [0.25, 0.3) is 0 Å². The van der Waals surface area contributed by atoms with Crippen LogP contribution in [0.5, 0.6) is 0 Å². The van der Waals surface area contributed by atoms with Crippen LogP contribution in [0.15, 0.2) is 48.8 Å². The Hall–Kier alpha value is -2.05. The van der Waals surface area contributed by atoms with E-state index < -0.39 is 6.04 Å². The minimum absolute atomic E-state index is 0.216. The molecule has 0 aliphatic rings. The molecular weight excluding hydrogens is 358 g/mol. The van der Waals surface area contributed by atoms with Crippen LogP contribution in [0.2, 0.25) is 5.02 Å². The van der Waals surface area contributed by atoms with E-state index in [4.69, 9.17) is 11.6 Å². The van der Waals surface area contributed by atoms with Crippen molar-refractivity contribution in [3.8, 4) is 0 Å². The lowest BCUT2D eigenvalue weighted by Crippen LogP contribution is -2.47. The van der Waals surface area contributed by atoms with Gasteiger partial charge in [-0.3, -0.25) is 14.6 Å². The maximum absolute atomic E-state index is 12.5. The molecule has 2 rings (SSSR count). The molecule has 25 heavy (non-hydrogen) atoms. The average molecular weight is 378 g/mol. The lowest BCUT2D eigenvalue weighted by molar-refractivity contribution is -0.123. The molecule has 0 aliphatic heterocycles. The third kappa shape index (κ3) is 6.07. The van der Waals surface area contributed by atoms with Crippen molar-refractivity contribution in [3.63, 3.8) is 0 Å². The summed E-state index contributed by atoms with van der Waals surface area (Å²) in [4.78, 5) is 28.9. The molecule has 0 aliphatic carbocycles. The number of nitrogens with zero attached hydrogens (tertiary/aromatic N) is 1. The van der Waals surface area contributed by atoms with Gasteiger partial charge in [0.1, 0.15) is 6.04 Å². The molecule has 5 nitrogen and oxygen atoms in total. The van der Waals surface area contributed by atoms with Crippen molar-refractivity contribution in [1.82, 2.24) is 15.6 Å². The number of benzene rings is 1. The monoisotopic (exact) mass is 377 g/mol. The van der Waals surface area contributed by atoms with E-state index >= 15 is 0 Å². The smallest absolute Gasteiger partial charge is 0.253 e. The molecule has 0 saturated heterocycles. The van der Waals surface area contributed by atoms with E-state index in [0.717, 1.165) is 11.3 Å². The standard InChI is InChI=1S/C18H20ClN3O2S/c1-25-11-8-16(18(24)21-12-13-6-9-20-10-7-13)22-17(23)14-4-2-3-5-15(14)19/h2-7,9-10,16H,8,11-12H2,1H3,(H,21,24)(H,22,23)/t16-/m0/s1. The van der Waals surface area contributed by atoms with Gasteiger partial charge in [0, 0.05) is 18.9 Å². The van der Waals surface area contributed by atoms with Crippen molar-refractivity contribution in [1.29, 1.82) is 0 Å². The van der Waals surface area contributed by atoms with E-state index in [1.165, 1.54) is 0 Å². The van der Waals surface area contributed by atoms with Gasteiger partial charge < -0.3 is 10.6 Å². The number of carbonyl (C=O) groups is 2. The fourth-order valence-corrected chi connectivity index (χ4v) is 2.89. The van der Waals surface area contributed by atoms with E-state index in [9.17, 15) is 9.59 Å². The second-order valence-electron chi connectivity index (χ2n) is 5.36. The summed E-state index contributed by atoms with van der Waals surface area (Å²) in [6, 6.07) is 9.83. The summed E-state index contributed by atoms with van der Waals surface area (Å²) in [6.07, 6.45) is 5.85. The quantitative estimate of drug-likeness (QED) is 0.742. The molecule has 2 amide bonds. The van der Waals surface area contributed by atoms with Gasteiger partial charge in [0.25, 0.3) is 5.91 Å². The molecule has 0 unspecified atom stereocenters. The van der Waals surface area contributed by atoms with Crippen LogP contribution >= 0.6 is 23.4 Å². The van der Waals surface area contributed by atoms with Gasteiger partial charge in [-0.2, -0.15) is 11.8 Å². The highest BCUT2D eigenvalue weighted by Gasteiger charge is 2.21. The number of rotatable bonds is 8. The number of carbonyl (C=O) groups excluding carboxylic acids is 2. The molecule has 0 saturated carbocycles. The lowest BCUT2D eigenvalue weighted by atomic mass is 10.1. The topological polar surface area (TPSA) is 71.1 Å². The van der Waals surface area contributed by atoms with Gasteiger partial charge in [-0.05, 0) is 48.3 Å². The molecule has 0 spiro atoms. The molecule has 1 aromatic heterocycles. The summed E-state index contributed by atoms with van der Waals surface area (Å²) in [7, 11) is 0. The second kappa shape index (κ2) is 10.1. The van der Waals surface area contributed by atoms with E-state index in [-0.39, 0.29) is 11.8 Å². The number of amides is 2. The zero-order valence-electron chi connectivity index (χ0n) is 13.9. The summed E-state index contributed by atoms with van der Waals surface area (Å²) in [5.74, 6) is 0.193. The van der Waals surface area contributed by atoms with Crippen molar-refractivity contribution in [2.75, 3.05) is 12.0 Å². The average Bonchev–Trinajstić information content (AvgIpc) is 2.64. The van der Waals surface area contributed by atoms with Crippen molar-refractivity contribution in [2.24, 2.45) is 0 Å². The fourth-order valence-electron chi connectivity index (χ4n) is 2.20. The predicted octanol–water partition coefficient (Wildman–Crippen LogP) is 2.90. The van der Waals surface area contributed by atoms with Crippen molar-refractivity contribution in [2.45, 2.75) is 19.0 Å². The fraction of sp³-hybridized carbons (Fsp3) is 0.278. The van der Waals surface area contributed by atoms with Gasteiger partial charge >= 0.3 is 0 Å². The highest BCUT2D eigenvalue weighted by atomic mass is 35.5. The lowest BCUT2D eigenvalue weighted by Gasteiger charge is -2.18. The first-order chi connectivity index (χ1) is 12.1. The van der Waals surface area contributed by atoms with Gasteiger partial charge in [0.15, 0.2) is 0 Å². The van der Waals surface area contributed by atoms with Gasteiger partial charge in [-0.15, -0.1) is 0 Å². The van der Waals surface area contributed by atoms with Crippen LogP contribution in [0, 0.1) is 0 Å². The molecule has 0 fully saturated rings. The van der Waals surface area contributed by atoms with E-state index in [1.54, 1.807) is 48.4 Å². The Balaban J connectivity index is 2.00. The Morgan fingerprint density at radius 3 is 2.60 bits per heavy atom. The van der Waals surface area contributed by atoms with E-state index in [2.05, 4.69) is 15.6 Å². The first kappa shape index (κ1) is 19.3. The molecule has 1 heterocycles. The molecule has 2 N–H and O–H groups in total. The summed E-state index contributed by atoms with van der Waals surface area (Å²) >= 11 is 7.68. The summed E-state index contributed by atoms with van der Waals surface area (Å²) in [5.41, 5.74) is 1.31. The molecule has 2 aromatic rings. The van der Waals surface area contributed by atoms with Crippen LogP contribution in [-0.4, -0.2) is 34.8 Å². The molecule has 0 bridgehead atoms. The zero-order chi connectivity index (χ0) is 18.1. The largest absolute Gasteiger partial charge is 0.350 e. The van der Waals surface area contributed by atoms with Crippen LogP contribution in [0.1, 0.15) is 22.3 Å². The molecule has 0 radical (unpaired) electrons. The molecule has 7 heteroatoms. The zero-order valence-corrected chi connectivity index (χ0v) is 15.4. The SMILES string of the molecule is CSCC[C@H](NC(=O)c1ccccc1Cl)C(=O)NCc1ccncc1. The van der Waals surface area contributed by atoms with Crippen molar-refractivity contribution >= 4 is 35.2 Å². The van der Waals surface area contributed by atoms with Crippen LogP contribution in [0.4, 0.5) is 0 Å². The van der Waals surface area contributed by atoms with Crippen molar-refractivity contribution in [3.05, 3.63) is 64.9 Å². The van der Waals surface area contributed by atoms with Crippen LogP contribution < -0.4 is 10.6 Å². The number of thioether (sulfide) groups is 1. The van der Waals surface area contributed by atoms with Gasteiger partial charge in [-0.25, -0.2) is 0 Å². The third-order valence-corrected chi connectivity index (χ3v) is 4.54. The summed E-state index contributed by atoms with van der Waals surface area (Å²) in [6.45, 7) is 0.388. The van der Waals surface area contributed by atoms with Crippen molar-refractivity contribution < 1.29 is 9.59 Å². The first-order valence-electron chi connectivity index (χ1n) is 7.82. The number of hydrogen-bond acceptors (Lipinski definition) is 4. The van der Waals surface area contributed by atoms with Gasteiger partial charge in [0.2, 0.25) is 5.91 Å². The second-order valence-corrected chi connectivity index (χ2v) is 6.75. The third-order valence-electron chi connectivity index (χ3n) is 3.57. The Morgan fingerprint density at radius 2 is 1.92 bits per heavy atom. The van der Waals surface area contributed by atoms with Gasteiger partial charge in [-0.1, -0.05) is 23.7 Å². The highest BCUT2D eigenvalue weighted by molar-refractivity contribution is 7.98. The number of halogens is 1. The number of nitrogens with one attached hydrogen (secondary N) is 2. The summed E-state index contributed by atoms with van der Waals surface area (Å²) < 4.78 is 0. The first-order valence-corrected chi connectivity index (χ1v) is 9.60. The normalized spacial score (nSPS) is 11.6. The summed E-state index contributed by atoms with van der Waals surface area (Å²) in [5, 5.41) is 6.00. The van der Waals surface area contributed by atoms with Crippen LogP contribution in [-0.2, 0) is 11.3 Å². The molecule has 132 valence electrons. The van der Waals surface area contributed by atoms with E-state index in [0.29, 0.717) is 23.6 Å². The Bertz CT molecular complexity index is 712. The minimum Gasteiger partial charge on any atom is -0.350 e. The number of hydrogen-bond donors (Lipinski definition) is 2. The van der Waals surface area contributed by atoms with Gasteiger partial charge in [0.05, 0.1) is 10.6 Å². The Morgan fingerprint density at radius 1 is 1.20 bits per heavy atom. The Labute approximate surface area is 156 Å². The van der Waals surface area contributed by atoms with E-state index in [1.807, 2.05) is 18.4 Å². The number of aromatic nitrogens is 1. The highest BCUT2D eigenvalue weighted by Crippen LogP contribution is 2.15. The van der Waals surface area contributed by atoms with Crippen LogP contribution in [0.3, 0.4) is 0 Å². The molecule has 1 aromatic carbocycles.